The zero-order valence-corrected chi connectivity index (χ0v) is 13.5. The Bertz CT molecular complexity index is 1060. The van der Waals surface area contributed by atoms with Gasteiger partial charge in [-0.25, -0.2) is 18.0 Å². The van der Waals surface area contributed by atoms with E-state index in [1.54, 1.807) is 0 Å². The lowest BCUT2D eigenvalue weighted by atomic mass is 9.94. The van der Waals surface area contributed by atoms with Crippen LogP contribution in [0.1, 0.15) is 23.1 Å². The third-order valence-electron chi connectivity index (χ3n) is 4.89. The first-order valence-electron chi connectivity index (χ1n) is 7.75. The lowest BCUT2D eigenvalue weighted by molar-refractivity contribution is -0.294. The topological polar surface area (TPSA) is 33.8 Å². The SMILES string of the molecule is [C-]#[N+]c1cc(F)cc(Oc2ccc3c4c2C(F)(F)CC4(O)C(F)(F)C3(F)F)c1. The fraction of sp³-hybridized carbons (Fsp3) is 0.278. The summed E-state index contributed by atoms with van der Waals surface area (Å²) in [6.07, 6.45) is -1.96. The minimum absolute atomic E-state index is 0.228. The number of halogens is 7. The molecule has 0 saturated heterocycles. The van der Waals surface area contributed by atoms with Crippen LogP contribution < -0.4 is 4.74 Å². The van der Waals surface area contributed by atoms with Crippen LogP contribution in [0.5, 0.6) is 11.5 Å². The fourth-order valence-electron chi connectivity index (χ4n) is 3.72. The Hall–Kier alpha value is -2.80. The number of ether oxygens (including phenoxy) is 1. The van der Waals surface area contributed by atoms with Crippen LogP contribution in [0.15, 0.2) is 30.3 Å². The van der Waals surface area contributed by atoms with E-state index in [0.29, 0.717) is 12.1 Å². The molecule has 0 bridgehead atoms. The minimum atomic E-state index is -5.16. The number of rotatable bonds is 2. The van der Waals surface area contributed by atoms with Crippen molar-refractivity contribution >= 4 is 5.69 Å². The van der Waals surface area contributed by atoms with Crippen molar-refractivity contribution in [3.63, 3.8) is 0 Å². The van der Waals surface area contributed by atoms with E-state index in [1.807, 2.05) is 0 Å². The lowest BCUT2D eigenvalue weighted by Gasteiger charge is -2.30. The van der Waals surface area contributed by atoms with Crippen molar-refractivity contribution in [2.45, 2.75) is 29.8 Å². The van der Waals surface area contributed by atoms with E-state index in [-0.39, 0.29) is 5.69 Å². The van der Waals surface area contributed by atoms with E-state index < -0.39 is 63.8 Å². The molecule has 0 spiro atoms. The highest BCUT2D eigenvalue weighted by Gasteiger charge is 2.81. The molecule has 2 aromatic carbocycles. The zero-order valence-electron chi connectivity index (χ0n) is 13.5. The maximum atomic E-state index is 14.5. The molecule has 1 unspecified atom stereocenters. The molecule has 10 heteroatoms. The Morgan fingerprint density at radius 1 is 1.00 bits per heavy atom. The molecular weight excluding hydrogens is 395 g/mol. The van der Waals surface area contributed by atoms with Crippen molar-refractivity contribution in [2.24, 2.45) is 0 Å². The second kappa shape index (κ2) is 5.17. The predicted molar refractivity (Wildman–Crippen MR) is 80.4 cm³/mol. The number of hydrogen-bond acceptors (Lipinski definition) is 2. The summed E-state index contributed by atoms with van der Waals surface area (Å²) in [6.45, 7) is 6.86. The van der Waals surface area contributed by atoms with Gasteiger partial charge in [0.25, 0.3) is 5.92 Å². The van der Waals surface area contributed by atoms with Gasteiger partial charge in [-0.15, -0.1) is 0 Å². The summed E-state index contributed by atoms with van der Waals surface area (Å²) in [5, 5.41) is 10.2. The molecule has 3 nitrogen and oxygen atoms in total. The molecule has 0 amide bonds. The van der Waals surface area contributed by atoms with Crippen LogP contribution in [-0.2, 0) is 17.4 Å². The number of benzene rings is 2. The molecule has 0 heterocycles. The minimum Gasteiger partial charge on any atom is -0.458 e. The molecule has 0 aliphatic heterocycles. The lowest BCUT2D eigenvalue weighted by Crippen LogP contribution is -2.48. The van der Waals surface area contributed by atoms with E-state index in [2.05, 4.69) is 4.85 Å². The molecule has 4 rings (SSSR count). The van der Waals surface area contributed by atoms with Crippen LogP contribution >= 0.6 is 0 Å². The fourth-order valence-corrected chi connectivity index (χ4v) is 3.72. The molecule has 28 heavy (non-hydrogen) atoms. The number of hydrogen-bond donors (Lipinski definition) is 1. The molecule has 1 N–H and O–H groups in total. The van der Waals surface area contributed by atoms with E-state index in [9.17, 15) is 35.8 Å². The molecule has 0 fully saturated rings. The maximum absolute atomic E-state index is 14.5. The quantitative estimate of drug-likeness (QED) is 0.524. The highest BCUT2D eigenvalue weighted by molar-refractivity contribution is 5.61. The van der Waals surface area contributed by atoms with Crippen molar-refractivity contribution in [1.29, 1.82) is 0 Å². The van der Waals surface area contributed by atoms with Crippen molar-refractivity contribution in [3.8, 4) is 11.5 Å². The van der Waals surface area contributed by atoms with E-state index in [4.69, 9.17) is 11.3 Å². The van der Waals surface area contributed by atoms with Crippen molar-refractivity contribution < 1.29 is 40.6 Å². The first kappa shape index (κ1) is 18.6. The Kier molecular flexibility index (Phi) is 3.43. The van der Waals surface area contributed by atoms with Crippen LogP contribution in [0.2, 0.25) is 0 Å². The number of nitrogens with zero attached hydrogens (tertiary/aromatic N) is 1. The molecule has 2 aromatic rings. The van der Waals surface area contributed by atoms with Gasteiger partial charge < -0.3 is 9.84 Å². The van der Waals surface area contributed by atoms with Gasteiger partial charge in [-0.05, 0) is 24.3 Å². The van der Waals surface area contributed by atoms with E-state index in [0.717, 1.165) is 18.2 Å². The Morgan fingerprint density at radius 3 is 2.32 bits per heavy atom. The summed E-state index contributed by atoms with van der Waals surface area (Å²) in [6, 6.07) is 3.69. The summed E-state index contributed by atoms with van der Waals surface area (Å²) in [7, 11) is 0. The number of alkyl halides is 6. The molecule has 0 radical (unpaired) electrons. The summed E-state index contributed by atoms with van der Waals surface area (Å²) in [5.41, 5.74) is -8.02. The molecular formula is C18H8F7NO2. The van der Waals surface area contributed by atoms with Gasteiger partial charge in [0.05, 0.1) is 18.6 Å². The summed E-state index contributed by atoms with van der Waals surface area (Å²) in [5.74, 6) is -16.3. The maximum Gasteiger partial charge on any atom is 0.346 e. The van der Waals surface area contributed by atoms with Crippen molar-refractivity contribution in [3.05, 3.63) is 64.3 Å². The van der Waals surface area contributed by atoms with Crippen molar-refractivity contribution in [1.82, 2.24) is 0 Å². The second-order valence-corrected chi connectivity index (χ2v) is 6.61. The van der Waals surface area contributed by atoms with E-state index in [1.165, 1.54) is 0 Å². The average Bonchev–Trinajstić information content (AvgIpc) is 2.87. The van der Waals surface area contributed by atoms with Crippen LogP contribution in [0.25, 0.3) is 4.85 Å². The van der Waals surface area contributed by atoms with Gasteiger partial charge in [0, 0.05) is 17.2 Å². The Balaban J connectivity index is 1.93. The standard InChI is InChI=1S/C18H8F7NO2/c1-26-9-4-8(19)5-10(6-9)28-12-3-2-11-13-14(12)16(20,21)7-15(13,27)18(24,25)17(11,22)23/h2-6,27H,7H2. The largest absolute Gasteiger partial charge is 0.458 e. The highest BCUT2D eigenvalue weighted by atomic mass is 19.3. The summed E-state index contributed by atoms with van der Waals surface area (Å²) in [4.78, 5) is 2.96. The zero-order chi connectivity index (χ0) is 20.7. The first-order valence-corrected chi connectivity index (χ1v) is 7.75. The van der Waals surface area contributed by atoms with Crippen LogP contribution in [0.4, 0.5) is 36.4 Å². The molecule has 146 valence electrons. The predicted octanol–water partition coefficient (Wildman–Crippen LogP) is 5.59. The van der Waals surface area contributed by atoms with Gasteiger partial charge in [-0.1, -0.05) is 0 Å². The third-order valence-corrected chi connectivity index (χ3v) is 4.89. The Labute approximate surface area is 152 Å². The summed E-state index contributed by atoms with van der Waals surface area (Å²) < 4.78 is 104. The molecule has 1 atom stereocenters. The van der Waals surface area contributed by atoms with Gasteiger partial charge in [0.1, 0.15) is 17.3 Å². The monoisotopic (exact) mass is 403 g/mol. The van der Waals surface area contributed by atoms with E-state index >= 15 is 0 Å². The molecule has 0 aromatic heterocycles. The Morgan fingerprint density at radius 2 is 1.68 bits per heavy atom. The van der Waals surface area contributed by atoms with Crippen LogP contribution in [0.3, 0.4) is 0 Å². The van der Waals surface area contributed by atoms with Gasteiger partial charge in [0.2, 0.25) is 0 Å². The molecule has 2 aliphatic carbocycles. The van der Waals surface area contributed by atoms with Gasteiger partial charge in [-0.2, -0.15) is 17.6 Å². The third kappa shape index (κ3) is 2.08. The van der Waals surface area contributed by atoms with Crippen LogP contribution in [0, 0.1) is 12.4 Å². The first-order chi connectivity index (χ1) is 12.8. The smallest absolute Gasteiger partial charge is 0.346 e. The van der Waals surface area contributed by atoms with Gasteiger partial charge in [0.15, 0.2) is 11.3 Å². The summed E-state index contributed by atoms with van der Waals surface area (Å²) >= 11 is 0. The van der Waals surface area contributed by atoms with Gasteiger partial charge in [-0.3, -0.25) is 0 Å². The second-order valence-electron chi connectivity index (χ2n) is 6.61. The normalized spacial score (nSPS) is 25.2. The number of aliphatic hydroxyl groups is 1. The molecule has 2 aliphatic rings. The average molecular weight is 403 g/mol. The highest BCUT2D eigenvalue weighted by Crippen LogP contribution is 2.70. The van der Waals surface area contributed by atoms with Gasteiger partial charge >= 0.3 is 11.8 Å². The van der Waals surface area contributed by atoms with Crippen LogP contribution in [-0.4, -0.2) is 11.0 Å². The van der Waals surface area contributed by atoms with Crippen molar-refractivity contribution in [2.75, 3.05) is 0 Å². The molecule has 0 saturated carbocycles.